The molecule has 1 amide bonds. The molecule has 1 aliphatic heterocycles. The molecular formula is C22H28BrN3O. The van der Waals surface area contributed by atoms with E-state index in [1.165, 1.54) is 22.1 Å². The number of halogens is 1. The first-order valence-corrected chi connectivity index (χ1v) is 10.7. The maximum Gasteiger partial charge on any atom is 0.228 e. The highest BCUT2D eigenvalue weighted by Crippen LogP contribution is 2.48. The molecule has 0 fully saturated rings. The van der Waals surface area contributed by atoms with E-state index < -0.39 is 0 Å². The Morgan fingerprint density at radius 3 is 2.85 bits per heavy atom. The van der Waals surface area contributed by atoms with Crippen LogP contribution >= 0.6 is 15.9 Å². The van der Waals surface area contributed by atoms with E-state index in [0.29, 0.717) is 0 Å². The number of aromatic amines is 1. The maximum absolute atomic E-state index is 12.9. The Hall–Kier alpha value is -1.59. The zero-order chi connectivity index (χ0) is 19.3. The lowest BCUT2D eigenvalue weighted by Crippen LogP contribution is -2.54. The third-order valence-corrected chi connectivity index (χ3v) is 7.29. The van der Waals surface area contributed by atoms with Crippen molar-refractivity contribution in [2.75, 3.05) is 13.6 Å². The number of carbonyl (C=O) groups is 1. The molecule has 27 heavy (non-hydrogen) atoms. The van der Waals surface area contributed by atoms with Crippen molar-refractivity contribution < 1.29 is 4.79 Å². The summed E-state index contributed by atoms with van der Waals surface area (Å²) in [5.41, 5.74) is 4.93. The molecule has 1 aromatic heterocycles. The zero-order valence-corrected chi connectivity index (χ0v) is 18.1. The molecule has 4 rings (SSSR count). The average Bonchev–Trinajstić information content (AvgIpc) is 2.97. The Morgan fingerprint density at radius 1 is 1.41 bits per heavy atom. The van der Waals surface area contributed by atoms with Gasteiger partial charge < -0.3 is 10.3 Å². The average molecular weight is 430 g/mol. The minimum Gasteiger partial charge on any atom is -0.353 e. The summed E-state index contributed by atoms with van der Waals surface area (Å²) in [6.07, 6.45) is 5.11. The van der Waals surface area contributed by atoms with Crippen LogP contribution < -0.4 is 5.32 Å². The number of fused-ring (bicyclic) bond motifs is 2. The van der Waals surface area contributed by atoms with Crippen molar-refractivity contribution in [2.24, 2.45) is 5.92 Å². The smallest absolute Gasteiger partial charge is 0.228 e. The topological polar surface area (TPSA) is 48.1 Å². The minimum atomic E-state index is -0.113. The van der Waals surface area contributed by atoms with Crippen LogP contribution in [0.15, 0.2) is 28.9 Å². The van der Waals surface area contributed by atoms with E-state index in [-0.39, 0.29) is 23.4 Å². The van der Waals surface area contributed by atoms with Gasteiger partial charge in [0.15, 0.2) is 0 Å². The van der Waals surface area contributed by atoms with Gasteiger partial charge in [-0.15, -0.1) is 0 Å². The highest BCUT2D eigenvalue weighted by atomic mass is 79.9. The molecule has 0 radical (unpaired) electrons. The van der Waals surface area contributed by atoms with Crippen molar-refractivity contribution in [1.29, 1.82) is 0 Å². The predicted molar refractivity (Wildman–Crippen MR) is 115 cm³/mol. The SMILES string of the molecule is CCC(CC)NC(=O)[C@@H]1C=C2c3cccc4[nH]c(Br)c(c34)CC2(C)N(C)C1. The number of carbonyl (C=O) groups excluding carboxylic acids is 1. The fourth-order valence-electron chi connectivity index (χ4n) is 4.72. The van der Waals surface area contributed by atoms with E-state index in [1.807, 2.05) is 0 Å². The molecule has 1 unspecified atom stereocenters. The second-order valence-corrected chi connectivity index (χ2v) is 8.98. The summed E-state index contributed by atoms with van der Waals surface area (Å²) in [5, 5.41) is 4.53. The Labute approximate surface area is 169 Å². The summed E-state index contributed by atoms with van der Waals surface area (Å²) < 4.78 is 1.08. The monoisotopic (exact) mass is 429 g/mol. The van der Waals surface area contributed by atoms with Gasteiger partial charge in [-0.05, 0) is 71.9 Å². The molecule has 2 atom stereocenters. The van der Waals surface area contributed by atoms with Gasteiger partial charge in [-0.1, -0.05) is 32.1 Å². The first-order valence-electron chi connectivity index (χ1n) is 9.92. The molecule has 2 aromatic rings. The lowest BCUT2D eigenvalue weighted by atomic mass is 9.71. The second kappa shape index (κ2) is 6.78. The van der Waals surface area contributed by atoms with Gasteiger partial charge in [-0.3, -0.25) is 9.69 Å². The molecule has 1 aromatic carbocycles. The van der Waals surface area contributed by atoms with Crippen LogP contribution in [0.3, 0.4) is 0 Å². The first kappa shape index (κ1) is 18.8. The number of amides is 1. The van der Waals surface area contributed by atoms with Crippen molar-refractivity contribution in [3.05, 3.63) is 40.0 Å². The van der Waals surface area contributed by atoms with Gasteiger partial charge in [0.25, 0.3) is 0 Å². The molecule has 2 aliphatic rings. The summed E-state index contributed by atoms with van der Waals surface area (Å²) in [4.78, 5) is 18.8. The van der Waals surface area contributed by atoms with Crippen LogP contribution in [0.4, 0.5) is 0 Å². The lowest BCUT2D eigenvalue weighted by Gasteiger charge is -2.48. The third kappa shape index (κ3) is 2.87. The Morgan fingerprint density at radius 2 is 2.15 bits per heavy atom. The highest BCUT2D eigenvalue weighted by molar-refractivity contribution is 9.10. The molecule has 2 N–H and O–H groups in total. The number of nitrogens with one attached hydrogen (secondary N) is 2. The number of rotatable bonds is 4. The van der Waals surface area contributed by atoms with Gasteiger partial charge in [0.2, 0.25) is 5.91 Å². The van der Waals surface area contributed by atoms with Crippen LogP contribution in [0.2, 0.25) is 0 Å². The Bertz CT molecular complexity index is 927. The quantitative estimate of drug-likeness (QED) is 0.751. The van der Waals surface area contributed by atoms with E-state index in [0.717, 1.165) is 35.9 Å². The number of hydrogen-bond acceptors (Lipinski definition) is 2. The van der Waals surface area contributed by atoms with Gasteiger partial charge in [-0.25, -0.2) is 0 Å². The van der Waals surface area contributed by atoms with Crippen LogP contribution in [-0.4, -0.2) is 41.0 Å². The number of likely N-dealkylation sites (N-methyl/N-ethyl adjacent to an activating group) is 1. The number of H-pyrrole nitrogens is 1. The Kier molecular flexibility index (Phi) is 4.71. The van der Waals surface area contributed by atoms with Crippen molar-refractivity contribution in [3.63, 3.8) is 0 Å². The molecule has 0 saturated heterocycles. The van der Waals surface area contributed by atoms with Gasteiger partial charge in [-0.2, -0.15) is 0 Å². The summed E-state index contributed by atoms with van der Waals surface area (Å²) >= 11 is 3.72. The fourth-order valence-corrected chi connectivity index (χ4v) is 5.28. The number of nitrogens with zero attached hydrogens (tertiary/aromatic N) is 1. The van der Waals surface area contributed by atoms with Crippen molar-refractivity contribution in [2.45, 2.75) is 51.6 Å². The van der Waals surface area contributed by atoms with Gasteiger partial charge in [0.1, 0.15) is 0 Å². The van der Waals surface area contributed by atoms with Crippen molar-refractivity contribution >= 4 is 38.3 Å². The normalized spacial score (nSPS) is 24.8. The molecule has 0 bridgehead atoms. The van der Waals surface area contributed by atoms with Crippen LogP contribution in [0.25, 0.3) is 16.5 Å². The number of aromatic nitrogens is 1. The predicted octanol–water partition coefficient (Wildman–Crippen LogP) is 4.50. The third-order valence-electron chi connectivity index (χ3n) is 6.62. The molecule has 0 spiro atoms. The minimum absolute atomic E-state index is 0.0995. The summed E-state index contributed by atoms with van der Waals surface area (Å²) in [6.45, 7) is 7.31. The van der Waals surface area contributed by atoms with Crippen LogP contribution in [-0.2, 0) is 11.2 Å². The van der Waals surface area contributed by atoms with E-state index >= 15 is 0 Å². The lowest BCUT2D eigenvalue weighted by molar-refractivity contribution is -0.125. The number of hydrogen-bond donors (Lipinski definition) is 2. The van der Waals surface area contributed by atoms with Crippen molar-refractivity contribution in [1.82, 2.24) is 15.2 Å². The number of benzene rings is 1. The molecule has 4 nitrogen and oxygen atoms in total. The molecule has 144 valence electrons. The molecule has 0 saturated carbocycles. The van der Waals surface area contributed by atoms with Crippen LogP contribution in [0.1, 0.15) is 44.7 Å². The van der Waals surface area contributed by atoms with E-state index in [4.69, 9.17) is 0 Å². The molecule has 1 aliphatic carbocycles. The van der Waals surface area contributed by atoms with Gasteiger partial charge >= 0.3 is 0 Å². The standard InChI is InChI=1S/C22H28BrN3O/c1-5-14(6-2)24-21(27)13-10-17-15-8-7-9-18-19(15)16(20(23)25-18)11-22(17,3)26(4)12-13/h7-10,13-14,25H,5-6,11-12H2,1-4H3,(H,24,27)/t13-,22?/m1/s1. The first-order chi connectivity index (χ1) is 12.9. The largest absolute Gasteiger partial charge is 0.353 e. The molecule has 5 heteroatoms. The summed E-state index contributed by atoms with van der Waals surface area (Å²) in [6, 6.07) is 6.69. The molecular weight excluding hydrogens is 402 g/mol. The molecule has 2 heterocycles. The van der Waals surface area contributed by atoms with E-state index in [9.17, 15) is 4.79 Å². The summed E-state index contributed by atoms with van der Waals surface area (Å²) in [7, 11) is 2.15. The Balaban J connectivity index is 1.80. The second-order valence-electron chi connectivity index (χ2n) is 8.19. The zero-order valence-electron chi connectivity index (χ0n) is 16.5. The van der Waals surface area contributed by atoms with Crippen LogP contribution in [0, 0.1) is 5.92 Å². The van der Waals surface area contributed by atoms with E-state index in [1.54, 1.807) is 0 Å². The van der Waals surface area contributed by atoms with Gasteiger partial charge in [0.05, 0.1) is 10.5 Å². The van der Waals surface area contributed by atoms with E-state index in [2.05, 4.69) is 83.2 Å². The summed E-state index contributed by atoms with van der Waals surface area (Å²) in [5.74, 6) is 0.0381. The highest BCUT2D eigenvalue weighted by Gasteiger charge is 2.44. The maximum atomic E-state index is 12.9. The van der Waals surface area contributed by atoms with Gasteiger partial charge in [0, 0.05) is 29.0 Å². The van der Waals surface area contributed by atoms with Crippen LogP contribution in [0.5, 0.6) is 0 Å². The fraction of sp³-hybridized carbons (Fsp3) is 0.500. The van der Waals surface area contributed by atoms with Crippen molar-refractivity contribution in [3.8, 4) is 0 Å².